The van der Waals surface area contributed by atoms with Gasteiger partial charge in [0, 0.05) is 18.7 Å². The fourth-order valence-corrected chi connectivity index (χ4v) is 1.87. The fraction of sp³-hybridized carbons (Fsp3) is 0.706. The van der Waals surface area contributed by atoms with Gasteiger partial charge in [0.05, 0.1) is 18.0 Å². The van der Waals surface area contributed by atoms with Gasteiger partial charge < -0.3 is 10.1 Å². The van der Waals surface area contributed by atoms with E-state index in [4.69, 9.17) is 4.74 Å². The molecule has 0 fully saturated rings. The topological polar surface area (TPSA) is 34.1 Å². The molecule has 0 amide bonds. The lowest BCUT2D eigenvalue weighted by atomic mass is 10.1. The highest BCUT2D eigenvalue weighted by atomic mass is 16.5. The molecule has 0 unspecified atom stereocenters. The summed E-state index contributed by atoms with van der Waals surface area (Å²) in [5.41, 5.74) is 2.22. The van der Waals surface area contributed by atoms with Crippen LogP contribution in [0.3, 0.4) is 0 Å². The van der Waals surface area contributed by atoms with Gasteiger partial charge in [-0.25, -0.2) is 0 Å². The van der Waals surface area contributed by atoms with Gasteiger partial charge >= 0.3 is 0 Å². The van der Waals surface area contributed by atoms with E-state index in [1.165, 1.54) is 19.3 Å². The summed E-state index contributed by atoms with van der Waals surface area (Å²) in [5, 5.41) is 3.45. The van der Waals surface area contributed by atoms with Gasteiger partial charge in [-0.1, -0.05) is 32.3 Å². The zero-order valence-electron chi connectivity index (χ0n) is 13.5. The predicted molar refractivity (Wildman–Crippen MR) is 84.6 cm³/mol. The van der Waals surface area contributed by atoms with Gasteiger partial charge in [-0.2, -0.15) is 0 Å². The molecule has 1 aromatic heterocycles. The van der Waals surface area contributed by atoms with Crippen molar-refractivity contribution < 1.29 is 4.74 Å². The quantitative estimate of drug-likeness (QED) is 0.691. The molecule has 1 rings (SSSR count). The Labute approximate surface area is 124 Å². The standard InChI is InChI=1S/C17H30N2O/c1-5-6-7-8-12-20-14-16-11-9-10-15(19-16)13-18-17(2,3)4/h9-11,18H,5-8,12-14H2,1-4H3. The fourth-order valence-electron chi connectivity index (χ4n) is 1.87. The molecule has 20 heavy (non-hydrogen) atoms. The van der Waals surface area contributed by atoms with E-state index >= 15 is 0 Å². The Balaban J connectivity index is 2.29. The van der Waals surface area contributed by atoms with Gasteiger partial charge in [-0.3, -0.25) is 4.98 Å². The number of unbranched alkanes of at least 4 members (excludes halogenated alkanes) is 3. The minimum atomic E-state index is 0.119. The molecule has 0 atom stereocenters. The molecule has 114 valence electrons. The zero-order valence-corrected chi connectivity index (χ0v) is 13.5. The summed E-state index contributed by atoms with van der Waals surface area (Å²) in [5.74, 6) is 0. The molecule has 0 aliphatic rings. The summed E-state index contributed by atoms with van der Waals surface area (Å²) < 4.78 is 5.68. The van der Waals surface area contributed by atoms with Crippen LogP contribution in [-0.2, 0) is 17.9 Å². The zero-order chi connectivity index (χ0) is 14.8. The van der Waals surface area contributed by atoms with Crippen molar-refractivity contribution in [1.82, 2.24) is 10.3 Å². The molecule has 1 N–H and O–H groups in total. The number of ether oxygens (including phenoxy) is 1. The lowest BCUT2D eigenvalue weighted by Crippen LogP contribution is -2.35. The van der Waals surface area contributed by atoms with Crippen molar-refractivity contribution in [2.24, 2.45) is 0 Å². The smallest absolute Gasteiger partial charge is 0.0887 e. The molecule has 0 bridgehead atoms. The highest BCUT2D eigenvalue weighted by Crippen LogP contribution is 2.06. The number of aromatic nitrogens is 1. The Hall–Kier alpha value is -0.930. The maximum atomic E-state index is 5.68. The molecule has 3 heteroatoms. The van der Waals surface area contributed by atoms with Gasteiger partial charge in [0.2, 0.25) is 0 Å². The van der Waals surface area contributed by atoms with Crippen LogP contribution in [0.5, 0.6) is 0 Å². The van der Waals surface area contributed by atoms with Gasteiger partial charge in [0.15, 0.2) is 0 Å². The highest BCUT2D eigenvalue weighted by Gasteiger charge is 2.08. The van der Waals surface area contributed by atoms with E-state index < -0.39 is 0 Å². The minimum Gasteiger partial charge on any atom is -0.375 e. The van der Waals surface area contributed by atoms with Crippen molar-refractivity contribution in [1.29, 1.82) is 0 Å². The number of hydrogen-bond donors (Lipinski definition) is 1. The van der Waals surface area contributed by atoms with Gasteiger partial charge in [0.25, 0.3) is 0 Å². The first-order valence-corrected chi connectivity index (χ1v) is 7.79. The van der Waals surface area contributed by atoms with E-state index in [2.05, 4.69) is 50.1 Å². The second kappa shape index (κ2) is 9.09. The molecule has 0 aliphatic carbocycles. The van der Waals surface area contributed by atoms with Crippen LogP contribution in [-0.4, -0.2) is 17.1 Å². The van der Waals surface area contributed by atoms with E-state index in [1.54, 1.807) is 0 Å². The SMILES string of the molecule is CCCCCCOCc1cccc(CNC(C)(C)C)n1. The lowest BCUT2D eigenvalue weighted by Gasteiger charge is -2.20. The van der Waals surface area contributed by atoms with E-state index in [1.807, 2.05) is 6.07 Å². The minimum absolute atomic E-state index is 0.119. The van der Waals surface area contributed by atoms with E-state index in [9.17, 15) is 0 Å². The normalized spacial score (nSPS) is 11.8. The Bertz CT molecular complexity index is 371. The first kappa shape index (κ1) is 17.1. The molecular weight excluding hydrogens is 248 g/mol. The van der Waals surface area contributed by atoms with Crippen LogP contribution in [0.2, 0.25) is 0 Å². The van der Waals surface area contributed by atoms with E-state index in [-0.39, 0.29) is 5.54 Å². The first-order chi connectivity index (χ1) is 9.51. The van der Waals surface area contributed by atoms with Crippen LogP contribution in [0.1, 0.15) is 64.8 Å². The van der Waals surface area contributed by atoms with Crippen molar-refractivity contribution in [3.05, 3.63) is 29.6 Å². The molecule has 1 heterocycles. The van der Waals surface area contributed by atoms with Crippen molar-refractivity contribution >= 4 is 0 Å². The maximum absolute atomic E-state index is 5.68. The highest BCUT2D eigenvalue weighted by molar-refractivity contribution is 5.10. The van der Waals surface area contributed by atoms with Crippen molar-refractivity contribution in [2.45, 2.75) is 72.1 Å². The van der Waals surface area contributed by atoms with Gasteiger partial charge in [-0.05, 0) is 39.3 Å². The molecule has 3 nitrogen and oxygen atoms in total. The van der Waals surface area contributed by atoms with Crippen molar-refractivity contribution in [3.63, 3.8) is 0 Å². The summed E-state index contributed by atoms with van der Waals surface area (Å²) in [6.45, 7) is 11.0. The summed E-state index contributed by atoms with van der Waals surface area (Å²) in [6.07, 6.45) is 4.98. The van der Waals surface area contributed by atoms with E-state index in [0.717, 1.165) is 31.0 Å². The average Bonchev–Trinajstić information content (AvgIpc) is 2.40. The molecule has 0 spiro atoms. The third-order valence-corrected chi connectivity index (χ3v) is 3.06. The molecular formula is C17H30N2O. The van der Waals surface area contributed by atoms with Crippen LogP contribution >= 0.6 is 0 Å². The maximum Gasteiger partial charge on any atom is 0.0887 e. The molecule has 0 aliphatic heterocycles. The van der Waals surface area contributed by atoms with E-state index in [0.29, 0.717) is 6.61 Å². The third-order valence-electron chi connectivity index (χ3n) is 3.06. The van der Waals surface area contributed by atoms with Crippen molar-refractivity contribution in [2.75, 3.05) is 6.61 Å². The van der Waals surface area contributed by atoms with Crippen molar-refractivity contribution in [3.8, 4) is 0 Å². The lowest BCUT2D eigenvalue weighted by molar-refractivity contribution is 0.114. The molecule has 0 saturated heterocycles. The monoisotopic (exact) mass is 278 g/mol. The Morgan fingerprint density at radius 2 is 1.85 bits per heavy atom. The number of nitrogens with one attached hydrogen (secondary N) is 1. The van der Waals surface area contributed by atoms with Crippen LogP contribution in [0.15, 0.2) is 18.2 Å². The van der Waals surface area contributed by atoms with Crippen LogP contribution in [0.25, 0.3) is 0 Å². The summed E-state index contributed by atoms with van der Waals surface area (Å²) in [6, 6.07) is 6.15. The van der Waals surface area contributed by atoms with Gasteiger partial charge in [0.1, 0.15) is 0 Å². The Morgan fingerprint density at radius 1 is 1.10 bits per heavy atom. The molecule has 0 radical (unpaired) electrons. The number of hydrogen-bond acceptors (Lipinski definition) is 3. The summed E-state index contributed by atoms with van der Waals surface area (Å²) in [7, 11) is 0. The van der Waals surface area contributed by atoms with Crippen LogP contribution in [0.4, 0.5) is 0 Å². The summed E-state index contributed by atoms with van der Waals surface area (Å²) in [4.78, 5) is 4.62. The predicted octanol–water partition coefficient (Wildman–Crippen LogP) is 4.07. The number of nitrogens with zero attached hydrogens (tertiary/aromatic N) is 1. The van der Waals surface area contributed by atoms with Gasteiger partial charge in [-0.15, -0.1) is 0 Å². The third kappa shape index (κ3) is 8.28. The Kier molecular flexibility index (Phi) is 7.78. The second-order valence-corrected chi connectivity index (χ2v) is 6.34. The summed E-state index contributed by atoms with van der Waals surface area (Å²) >= 11 is 0. The molecule has 0 aromatic carbocycles. The number of rotatable bonds is 9. The number of pyridine rings is 1. The second-order valence-electron chi connectivity index (χ2n) is 6.34. The first-order valence-electron chi connectivity index (χ1n) is 7.79. The molecule has 0 saturated carbocycles. The largest absolute Gasteiger partial charge is 0.375 e. The molecule has 1 aromatic rings. The average molecular weight is 278 g/mol. The van der Waals surface area contributed by atoms with Crippen LogP contribution in [0, 0.1) is 0 Å². The Morgan fingerprint density at radius 3 is 2.55 bits per heavy atom. The van der Waals surface area contributed by atoms with Crippen LogP contribution < -0.4 is 5.32 Å².